The van der Waals surface area contributed by atoms with Crippen molar-refractivity contribution in [2.75, 3.05) is 0 Å². The molecule has 2 amide bonds. The van der Waals surface area contributed by atoms with E-state index in [2.05, 4.69) is 38.2 Å². The van der Waals surface area contributed by atoms with Crippen LogP contribution in [-0.2, 0) is 18.1 Å². The number of nitrogens with zero attached hydrogens (tertiary/aromatic N) is 1. The van der Waals surface area contributed by atoms with E-state index < -0.39 is 29.1 Å². The largest absolute Gasteiger partial charge is 0.416 e. The predicted molar refractivity (Wildman–Crippen MR) is 141 cm³/mol. The van der Waals surface area contributed by atoms with Gasteiger partial charge in [-0.2, -0.15) is 13.2 Å². The summed E-state index contributed by atoms with van der Waals surface area (Å²) in [5.74, 6) is -1.06. The molecule has 0 unspecified atom stereocenters. The highest BCUT2D eigenvalue weighted by Crippen LogP contribution is 2.37. The fraction of sp³-hybridized carbons (Fsp3) is 0.333. The monoisotopic (exact) mass is 626 g/mol. The van der Waals surface area contributed by atoms with Gasteiger partial charge in [0, 0.05) is 28.3 Å². The number of aromatic nitrogens is 1. The van der Waals surface area contributed by atoms with E-state index in [-0.39, 0.29) is 29.8 Å². The number of carbonyl (C=O) groups excluding carboxylic acids is 1. The van der Waals surface area contributed by atoms with Crippen LogP contribution in [-0.4, -0.2) is 23.1 Å². The number of benzene rings is 2. The number of hydrogen-bond donors (Lipinski definition) is 3. The number of rotatable bonds is 6. The summed E-state index contributed by atoms with van der Waals surface area (Å²) in [5.41, 5.74) is 4.20. The third kappa shape index (κ3) is 6.78. The van der Waals surface area contributed by atoms with Gasteiger partial charge in [-0.1, -0.05) is 30.3 Å². The lowest BCUT2D eigenvalue weighted by molar-refractivity contribution is -0.137. The zero-order valence-corrected chi connectivity index (χ0v) is 22.0. The molecule has 0 bridgehead atoms. The molecule has 1 aliphatic carbocycles. The molecular formula is C27H27F4IN4O. The first kappa shape index (κ1) is 27.3. The van der Waals surface area contributed by atoms with Crippen LogP contribution >= 0.6 is 22.6 Å². The Morgan fingerprint density at radius 3 is 2.30 bits per heavy atom. The van der Waals surface area contributed by atoms with Crippen molar-refractivity contribution in [3.05, 3.63) is 98.6 Å². The molecule has 4 rings (SSSR count). The van der Waals surface area contributed by atoms with Crippen molar-refractivity contribution in [2.45, 2.75) is 55.9 Å². The summed E-state index contributed by atoms with van der Waals surface area (Å²) >= 11 is 2.07. The molecule has 4 N–H and O–H groups in total. The third-order valence-corrected chi connectivity index (χ3v) is 7.27. The zero-order chi connectivity index (χ0) is 26.6. The van der Waals surface area contributed by atoms with Gasteiger partial charge in [-0.3, -0.25) is 4.98 Å². The molecule has 1 heterocycles. The number of alkyl halides is 3. The summed E-state index contributed by atoms with van der Waals surface area (Å²) in [6.45, 7) is 0. The Morgan fingerprint density at radius 2 is 1.68 bits per heavy atom. The second kappa shape index (κ2) is 11.3. The molecule has 1 fully saturated rings. The van der Waals surface area contributed by atoms with Gasteiger partial charge >= 0.3 is 12.2 Å². The van der Waals surface area contributed by atoms with Crippen LogP contribution in [0, 0.1) is 9.39 Å². The number of nitrogens with two attached hydrogens (primary N) is 1. The lowest BCUT2D eigenvalue weighted by Gasteiger charge is -2.37. The summed E-state index contributed by atoms with van der Waals surface area (Å²) < 4.78 is 56.7. The molecule has 5 nitrogen and oxygen atoms in total. The Hall–Kier alpha value is -2.73. The molecule has 196 valence electrons. The highest BCUT2D eigenvalue weighted by atomic mass is 127. The van der Waals surface area contributed by atoms with E-state index in [1.807, 2.05) is 6.07 Å². The minimum atomic E-state index is -4.78. The molecule has 1 atom stereocenters. The van der Waals surface area contributed by atoms with Crippen LogP contribution in [0.15, 0.2) is 66.9 Å². The van der Waals surface area contributed by atoms with Crippen molar-refractivity contribution >= 4 is 28.6 Å². The SMILES string of the molecule is N[C@H]1CC[C@H](NC(=O)N[C@@](Cc2ccccc2)(c2cc(F)cc(C(F)(F)F)c2)c2ccc(I)cn2)CC1. The average molecular weight is 626 g/mol. The van der Waals surface area contributed by atoms with Gasteiger partial charge in [0.1, 0.15) is 11.4 Å². The molecule has 10 heteroatoms. The highest BCUT2D eigenvalue weighted by molar-refractivity contribution is 14.1. The zero-order valence-electron chi connectivity index (χ0n) is 19.9. The van der Waals surface area contributed by atoms with Crippen LogP contribution in [0.3, 0.4) is 0 Å². The van der Waals surface area contributed by atoms with Gasteiger partial charge in [0.15, 0.2) is 0 Å². The Balaban J connectivity index is 1.84. The summed E-state index contributed by atoms with van der Waals surface area (Å²) in [5, 5.41) is 5.86. The highest BCUT2D eigenvalue weighted by Gasteiger charge is 2.41. The minimum absolute atomic E-state index is 0.0468. The Bertz CT molecular complexity index is 1220. The minimum Gasteiger partial charge on any atom is -0.335 e. The number of hydrogen-bond acceptors (Lipinski definition) is 3. The van der Waals surface area contributed by atoms with E-state index in [0.717, 1.165) is 34.1 Å². The maximum Gasteiger partial charge on any atom is 0.416 e. The molecular weight excluding hydrogens is 599 g/mol. The molecule has 0 saturated heterocycles. The van der Waals surface area contributed by atoms with Crippen molar-refractivity contribution in [3.63, 3.8) is 0 Å². The number of nitrogens with one attached hydrogen (secondary N) is 2. The smallest absolute Gasteiger partial charge is 0.335 e. The van der Waals surface area contributed by atoms with Gasteiger partial charge in [-0.15, -0.1) is 0 Å². The maximum atomic E-state index is 14.7. The Labute approximate surface area is 226 Å². The molecule has 1 saturated carbocycles. The van der Waals surface area contributed by atoms with Crippen LogP contribution in [0.25, 0.3) is 0 Å². The molecule has 0 spiro atoms. The molecule has 1 aliphatic rings. The first-order valence-corrected chi connectivity index (χ1v) is 13.0. The van der Waals surface area contributed by atoms with E-state index in [1.165, 1.54) is 0 Å². The second-order valence-corrected chi connectivity index (χ2v) is 10.6. The predicted octanol–water partition coefficient (Wildman–Crippen LogP) is 5.90. The number of urea groups is 1. The van der Waals surface area contributed by atoms with Gasteiger partial charge in [0.05, 0.1) is 11.3 Å². The lowest BCUT2D eigenvalue weighted by Crippen LogP contribution is -2.55. The maximum absolute atomic E-state index is 14.7. The van der Waals surface area contributed by atoms with E-state index in [4.69, 9.17) is 5.73 Å². The Morgan fingerprint density at radius 1 is 1.00 bits per heavy atom. The van der Waals surface area contributed by atoms with Crippen LogP contribution in [0.4, 0.5) is 22.4 Å². The number of amides is 2. The number of carbonyl (C=O) groups is 1. The van der Waals surface area contributed by atoms with Gasteiger partial charge < -0.3 is 16.4 Å². The normalized spacial score (nSPS) is 19.6. The molecule has 0 aliphatic heterocycles. The van der Waals surface area contributed by atoms with Crippen molar-refractivity contribution in [1.82, 2.24) is 15.6 Å². The van der Waals surface area contributed by atoms with Crippen LogP contribution in [0.2, 0.25) is 0 Å². The first-order chi connectivity index (χ1) is 17.5. The van der Waals surface area contributed by atoms with Crippen LogP contribution in [0.5, 0.6) is 0 Å². The summed E-state index contributed by atoms with van der Waals surface area (Å²) in [7, 11) is 0. The summed E-state index contributed by atoms with van der Waals surface area (Å²) in [6, 6.07) is 14.1. The summed E-state index contributed by atoms with van der Waals surface area (Å²) in [4.78, 5) is 17.9. The number of pyridine rings is 1. The van der Waals surface area contributed by atoms with E-state index >= 15 is 0 Å². The molecule has 0 radical (unpaired) electrons. The van der Waals surface area contributed by atoms with Gasteiger partial charge in [0.25, 0.3) is 0 Å². The molecule has 2 aromatic carbocycles. The molecule has 1 aromatic heterocycles. The second-order valence-electron chi connectivity index (χ2n) is 9.37. The van der Waals surface area contributed by atoms with Gasteiger partial charge in [0.2, 0.25) is 0 Å². The molecule has 3 aromatic rings. The van der Waals surface area contributed by atoms with Crippen molar-refractivity contribution in [3.8, 4) is 0 Å². The van der Waals surface area contributed by atoms with Crippen molar-refractivity contribution < 1.29 is 22.4 Å². The van der Waals surface area contributed by atoms with Crippen LogP contribution < -0.4 is 16.4 Å². The van der Waals surface area contributed by atoms with E-state index in [9.17, 15) is 22.4 Å². The average Bonchev–Trinajstić information content (AvgIpc) is 2.85. The van der Waals surface area contributed by atoms with Crippen LogP contribution in [0.1, 0.15) is 48.1 Å². The molecule has 37 heavy (non-hydrogen) atoms. The number of halogens is 5. The van der Waals surface area contributed by atoms with Crippen molar-refractivity contribution in [2.24, 2.45) is 5.73 Å². The Kier molecular flexibility index (Phi) is 8.37. The topological polar surface area (TPSA) is 80.0 Å². The quantitative estimate of drug-likeness (QED) is 0.236. The van der Waals surface area contributed by atoms with E-state index in [1.54, 1.807) is 42.6 Å². The van der Waals surface area contributed by atoms with Gasteiger partial charge in [-0.25, -0.2) is 9.18 Å². The fourth-order valence-corrected chi connectivity index (χ4v) is 5.05. The standard InChI is InChI=1S/C27H27F4IN4O/c28-20-13-18(12-19(14-20)27(29,30)31)26(15-17-4-2-1-3-5-17,24-11-6-21(32)16-34-24)36-25(37)35-23-9-7-22(33)8-10-23/h1-6,11-14,16,22-23H,7-10,15,33H2,(H2,35,36,37)/t22-,23-,26-/m0/s1. The van der Waals surface area contributed by atoms with Crippen molar-refractivity contribution in [1.29, 1.82) is 0 Å². The summed E-state index contributed by atoms with van der Waals surface area (Å²) in [6.07, 6.45) is -0.263. The third-order valence-electron chi connectivity index (χ3n) is 6.63. The first-order valence-electron chi connectivity index (χ1n) is 11.9. The lowest BCUT2D eigenvalue weighted by atomic mass is 9.79. The van der Waals surface area contributed by atoms with Gasteiger partial charge in [-0.05, 0) is 89.7 Å². The van der Waals surface area contributed by atoms with E-state index in [0.29, 0.717) is 18.9 Å². The fourth-order valence-electron chi connectivity index (χ4n) is 4.73.